The van der Waals surface area contributed by atoms with Gasteiger partial charge < -0.3 is 13.8 Å². The zero-order valence-electron chi connectivity index (χ0n) is 14.9. The van der Waals surface area contributed by atoms with Gasteiger partial charge in [0.25, 0.3) is 0 Å². The van der Waals surface area contributed by atoms with Gasteiger partial charge in [-0.05, 0) is 48.9 Å². The van der Waals surface area contributed by atoms with Crippen LogP contribution in [0.4, 0.5) is 18.9 Å². The van der Waals surface area contributed by atoms with E-state index in [-0.39, 0.29) is 5.41 Å². The molecule has 2 aliphatic heterocycles. The summed E-state index contributed by atoms with van der Waals surface area (Å²) >= 11 is 0. The lowest BCUT2D eigenvalue weighted by molar-refractivity contribution is -0.0500. The summed E-state index contributed by atoms with van der Waals surface area (Å²) in [5, 5.41) is 0.514. The Morgan fingerprint density at radius 3 is 2.61 bits per heavy atom. The van der Waals surface area contributed by atoms with E-state index in [0.717, 1.165) is 57.3 Å². The van der Waals surface area contributed by atoms with Crippen molar-refractivity contribution in [3.8, 4) is 5.75 Å². The van der Waals surface area contributed by atoms with Gasteiger partial charge >= 0.3 is 15.6 Å². The third kappa shape index (κ3) is 3.62. The van der Waals surface area contributed by atoms with Gasteiger partial charge in [0.15, 0.2) is 0 Å². The SMILES string of the molecule is O=S(=O)(Oc1ccc2ncc(N3CCC4(CCOCC4)C3)cc2c1)C(F)(F)F. The summed E-state index contributed by atoms with van der Waals surface area (Å²) in [6.45, 7) is 3.27. The normalized spacial score (nSPS) is 20.0. The fourth-order valence-electron chi connectivity index (χ4n) is 3.86. The van der Waals surface area contributed by atoms with Crippen LogP contribution in [0, 0.1) is 5.41 Å². The van der Waals surface area contributed by atoms with Crippen LogP contribution in [0.3, 0.4) is 0 Å². The number of hydrogen-bond acceptors (Lipinski definition) is 6. The minimum Gasteiger partial charge on any atom is -0.381 e. The summed E-state index contributed by atoms with van der Waals surface area (Å²) in [5.74, 6) is -0.397. The Morgan fingerprint density at radius 1 is 1.14 bits per heavy atom. The number of halogens is 3. The molecule has 2 aliphatic rings. The molecule has 0 bridgehead atoms. The molecule has 1 aromatic carbocycles. The van der Waals surface area contributed by atoms with E-state index in [1.807, 2.05) is 0 Å². The molecule has 0 unspecified atom stereocenters. The Balaban J connectivity index is 1.58. The molecule has 0 atom stereocenters. The van der Waals surface area contributed by atoms with Gasteiger partial charge in [-0.2, -0.15) is 21.6 Å². The lowest BCUT2D eigenvalue weighted by Gasteiger charge is -2.33. The van der Waals surface area contributed by atoms with E-state index in [1.165, 1.54) is 12.1 Å². The maximum atomic E-state index is 12.5. The first-order chi connectivity index (χ1) is 13.2. The lowest BCUT2D eigenvalue weighted by Crippen LogP contribution is -2.33. The lowest BCUT2D eigenvalue weighted by atomic mass is 9.80. The number of hydrogen-bond donors (Lipinski definition) is 0. The molecule has 10 heteroatoms. The van der Waals surface area contributed by atoms with Gasteiger partial charge in [0.2, 0.25) is 0 Å². The standard InChI is InChI=1S/C18H19F3N2O4S/c19-18(20,21)28(24,25)27-15-1-2-16-13(10-15)9-14(11-22-16)23-6-3-17(12-23)4-7-26-8-5-17/h1-2,9-11H,3-8,12H2. The fourth-order valence-corrected chi connectivity index (χ4v) is 4.32. The average Bonchev–Trinajstić information content (AvgIpc) is 3.04. The predicted molar refractivity (Wildman–Crippen MR) is 96.7 cm³/mol. The molecular formula is C18H19F3N2O4S. The first kappa shape index (κ1) is 19.3. The molecule has 0 amide bonds. The van der Waals surface area contributed by atoms with Crippen molar-refractivity contribution in [3.05, 3.63) is 30.5 Å². The molecule has 2 fully saturated rings. The van der Waals surface area contributed by atoms with E-state index < -0.39 is 21.4 Å². The Bertz CT molecular complexity index is 988. The largest absolute Gasteiger partial charge is 0.534 e. The molecule has 0 radical (unpaired) electrons. The van der Waals surface area contributed by atoms with Crippen LogP contribution in [-0.2, 0) is 14.9 Å². The maximum Gasteiger partial charge on any atom is 0.534 e. The van der Waals surface area contributed by atoms with Gasteiger partial charge in [-0.1, -0.05) is 0 Å². The summed E-state index contributed by atoms with van der Waals surface area (Å²) in [6.07, 6.45) is 4.81. The highest BCUT2D eigenvalue weighted by atomic mass is 32.2. The number of pyridine rings is 1. The molecule has 0 N–H and O–H groups in total. The number of ether oxygens (including phenoxy) is 1. The summed E-state index contributed by atoms with van der Waals surface area (Å²) in [5.41, 5.74) is -3.85. The second kappa shape index (κ2) is 6.77. The van der Waals surface area contributed by atoms with Crippen LogP contribution in [0.2, 0.25) is 0 Å². The molecule has 6 nitrogen and oxygen atoms in total. The van der Waals surface area contributed by atoms with Crippen LogP contribution in [0.25, 0.3) is 10.9 Å². The van der Waals surface area contributed by atoms with Crippen LogP contribution in [-0.4, -0.2) is 45.2 Å². The van der Waals surface area contributed by atoms with Gasteiger partial charge in [0, 0.05) is 31.7 Å². The van der Waals surface area contributed by atoms with E-state index in [1.54, 1.807) is 12.3 Å². The number of nitrogens with zero attached hydrogens (tertiary/aromatic N) is 2. The fraction of sp³-hybridized carbons (Fsp3) is 0.500. The van der Waals surface area contributed by atoms with E-state index >= 15 is 0 Å². The zero-order chi connectivity index (χ0) is 20.0. The average molecular weight is 416 g/mol. The van der Waals surface area contributed by atoms with Gasteiger partial charge in [-0.25, -0.2) is 0 Å². The van der Waals surface area contributed by atoms with Crippen LogP contribution in [0.15, 0.2) is 30.5 Å². The second-order valence-electron chi connectivity index (χ2n) is 7.32. The van der Waals surface area contributed by atoms with Crippen LogP contribution in [0.5, 0.6) is 5.75 Å². The molecule has 3 heterocycles. The van der Waals surface area contributed by atoms with E-state index in [9.17, 15) is 21.6 Å². The molecule has 1 aromatic heterocycles. The summed E-state index contributed by atoms with van der Waals surface area (Å²) < 4.78 is 69.7. The van der Waals surface area contributed by atoms with Crippen molar-refractivity contribution in [1.29, 1.82) is 0 Å². The predicted octanol–water partition coefficient (Wildman–Crippen LogP) is 3.47. The van der Waals surface area contributed by atoms with Crippen molar-refractivity contribution in [1.82, 2.24) is 4.98 Å². The molecular weight excluding hydrogens is 397 g/mol. The summed E-state index contributed by atoms with van der Waals surface area (Å²) in [7, 11) is -5.71. The number of benzene rings is 1. The monoisotopic (exact) mass is 416 g/mol. The first-order valence-electron chi connectivity index (χ1n) is 8.91. The number of rotatable bonds is 3. The van der Waals surface area contributed by atoms with Crippen LogP contribution >= 0.6 is 0 Å². The van der Waals surface area contributed by atoms with Crippen molar-refractivity contribution in [3.63, 3.8) is 0 Å². The van der Waals surface area contributed by atoms with E-state index in [4.69, 9.17) is 4.74 Å². The third-order valence-corrected chi connectivity index (χ3v) is 6.46. The molecule has 152 valence electrons. The van der Waals surface area contributed by atoms with Crippen LogP contribution in [0.1, 0.15) is 19.3 Å². The molecule has 2 saturated heterocycles. The zero-order valence-corrected chi connectivity index (χ0v) is 15.7. The molecule has 0 aliphatic carbocycles. The Labute approximate surface area is 160 Å². The Morgan fingerprint density at radius 2 is 1.89 bits per heavy atom. The number of alkyl halides is 3. The van der Waals surface area contributed by atoms with Gasteiger partial charge in [0.05, 0.1) is 17.4 Å². The minimum absolute atomic E-state index is 0.235. The first-order valence-corrected chi connectivity index (χ1v) is 10.3. The van der Waals surface area contributed by atoms with E-state index in [2.05, 4.69) is 14.1 Å². The van der Waals surface area contributed by atoms with Crippen molar-refractivity contribution in [2.75, 3.05) is 31.2 Å². The number of fused-ring (bicyclic) bond motifs is 1. The number of anilines is 1. The second-order valence-corrected chi connectivity index (χ2v) is 8.85. The molecule has 1 spiro atoms. The van der Waals surface area contributed by atoms with Crippen molar-refractivity contribution < 1.29 is 30.5 Å². The highest BCUT2D eigenvalue weighted by Crippen LogP contribution is 2.41. The molecule has 2 aromatic rings. The topological polar surface area (TPSA) is 68.7 Å². The Hall–Kier alpha value is -2.07. The third-order valence-electron chi connectivity index (χ3n) is 5.48. The Kier molecular flexibility index (Phi) is 4.65. The summed E-state index contributed by atoms with van der Waals surface area (Å²) in [4.78, 5) is 6.56. The van der Waals surface area contributed by atoms with Crippen LogP contribution < -0.4 is 9.08 Å². The van der Waals surface area contributed by atoms with Crippen molar-refractivity contribution in [2.45, 2.75) is 24.8 Å². The molecule has 4 rings (SSSR count). The smallest absolute Gasteiger partial charge is 0.381 e. The van der Waals surface area contributed by atoms with Gasteiger partial charge in [0.1, 0.15) is 5.75 Å². The molecule has 28 heavy (non-hydrogen) atoms. The highest BCUT2D eigenvalue weighted by molar-refractivity contribution is 7.88. The van der Waals surface area contributed by atoms with Gasteiger partial charge in [-0.3, -0.25) is 4.98 Å². The summed E-state index contributed by atoms with van der Waals surface area (Å²) in [6, 6.07) is 5.65. The minimum atomic E-state index is -5.71. The quantitative estimate of drug-likeness (QED) is 0.564. The van der Waals surface area contributed by atoms with Gasteiger partial charge in [-0.15, -0.1) is 0 Å². The van der Waals surface area contributed by atoms with Crippen molar-refractivity contribution in [2.24, 2.45) is 5.41 Å². The molecule has 0 saturated carbocycles. The number of aromatic nitrogens is 1. The van der Waals surface area contributed by atoms with Crippen molar-refractivity contribution >= 4 is 26.7 Å². The van der Waals surface area contributed by atoms with E-state index in [0.29, 0.717) is 10.9 Å². The maximum absolute atomic E-state index is 12.5. The highest BCUT2D eigenvalue weighted by Gasteiger charge is 2.48.